The van der Waals surface area contributed by atoms with E-state index in [-0.39, 0.29) is 12.2 Å². The van der Waals surface area contributed by atoms with Gasteiger partial charge in [-0.2, -0.15) is 0 Å². The van der Waals surface area contributed by atoms with Gasteiger partial charge in [-0.1, -0.05) is 13.8 Å². The number of esters is 1. The molecule has 0 atom stereocenters. The molecule has 0 unspecified atom stereocenters. The van der Waals surface area contributed by atoms with E-state index in [9.17, 15) is 4.79 Å². The first-order chi connectivity index (χ1) is 7.56. The Labute approximate surface area is 93.9 Å². The van der Waals surface area contributed by atoms with Gasteiger partial charge < -0.3 is 20.1 Å². The molecule has 5 nitrogen and oxygen atoms in total. The van der Waals surface area contributed by atoms with E-state index in [0.29, 0.717) is 0 Å². The van der Waals surface area contributed by atoms with Crippen LogP contribution in [0.15, 0.2) is 12.1 Å². The number of carbonyl (C=O) groups excluding carboxylic acids is 1. The van der Waals surface area contributed by atoms with Crippen LogP contribution in [0.3, 0.4) is 0 Å². The molecule has 1 rings (SSSR count). The van der Waals surface area contributed by atoms with Crippen molar-refractivity contribution >= 4 is 5.97 Å². The van der Waals surface area contributed by atoms with Crippen LogP contribution in [-0.2, 0) is 4.74 Å². The predicted molar refractivity (Wildman–Crippen MR) is 58.7 cm³/mol. The topological polar surface area (TPSA) is 87.0 Å². The lowest BCUT2D eigenvalue weighted by atomic mass is 10.2. The molecule has 0 amide bonds. The lowest BCUT2D eigenvalue weighted by molar-refractivity contribution is 0.0525. The lowest BCUT2D eigenvalue weighted by Crippen LogP contribution is -2.04. The van der Waals surface area contributed by atoms with Crippen molar-refractivity contribution in [2.45, 2.75) is 20.8 Å². The minimum atomic E-state index is -0.668. The smallest absolute Gasteiger partial charge is 0.338 e. The van der Waals surface area contributed by atoms with E-state index in [1.165, 1.54) is 0 Å². The Balaban J connectivity index is 0.00000106. The van der Waals surface area contributed by atoms with Crippen LogP contribution < -0.4 is 0 Å². The van der Waals surface area contributed by atoms with Crippen LogP contribution in [0.25, 0.3) is 0 Å². The zero-order chi connectivity index (χ0) is 12.7. The first kappa shape index (κ1) is 14.1. The molecule has 0 fully saturated rings. The van der Waals surface area contributed by atoms with E-state index in [2.05, 4.69) is 4.74 Å². The molecule has 3 N–H and O–H groups in total. The van der Waals surface area contributed by atoms with Crippen LogP contribution in [0, 0.1) is 0 Å². The summed E-state index contributed by atoms with van der Waals surface area (Å²) >= 11 is 0. The molecule has 0 saturated carbocycles. The van der Waals surface area contributed by atoms with Gasteiger partial charge in [-0.15, -0.1) is 0 Å². The summed E-state index contributed by atoms with van der Waals surface area (Å²) in [4.78, 5) is 11.1. The van der Waals surface area contributed by atoms with Gasteiger partial charge in [-0.05, 0) is 19.1 Å². The maximum absolute atomic E-state index is 11.1. The van der Waals surface area contributed by atoms with Gasteiger partial charge in [0, 0.05) is 0 Å². The fourth-order valence-corrected chi connectivity index (χ4v) is 0.936. The summed E-state index contributed by atoms with van der Waals surface area (Å²) < 4.78 is 4.63. The molecule has 0 bridgehead atoms. The van der Waals surface area contributed by atoms with E-state index < -0.39 is 23.2 Å². The number of ether oxygens (including phenoxy) is 1. The molecule has 0 aliphatic carbocycles. The number of phenolic OH excluding ortho intramolecular Hbond substituents is 3. The number of benzene rings is 1. The molecule has 0 aliphatic rings. The summed E-state index contributed by atoms with van der Waals surface area (Å²) in [5.41, 5.74) is -0.0142. The Morgan fingerprint density at radius 3 is 2.00 bits per heavy atom. The van der Waals surface area contributed by atoms with Gasteiger partial charge >= 0.3 is 5.97 Å². The van der Waals surface area contributed by atoms with Crippen LogP contribution in [0.1, 0.15) is 31.1 Å². The lowest BCUT2D eigenvalue weighted by Gasteiger charge is -2.04. The van der Waals surface area contributed by atoms with E-state index >= 15 is 0 Å². The van der Waals surface area contributed by atoms with Crippen LogP contribution in [0.4, 0.5) is 0 Å². The Kier molecular flexibility index (Phi) is 5.77. The molecule has 0 spiro atoms. The highest BCUT2D eigenvalue weighted by molar-refractivity contribution is 5.91. The van der Waals surface area contributed by atoms with Crippen molar-refractivity contribution in [2.24, 2.45) is 0 Å². The van der Waals surface area contributed by atoms with Crippen molar-refractivity contribution in [3.8, 4) is 17.2 Å². The molecule has 0 heterocycles. The maximum Gasteiger partial charge on any atom is 0.338 e. The first-order valence-corrected chi connectivity index (χ1v) is 4.98. The summed E-state index contributed by atoms with van der Waals surface area (Å²) in [7, 11) is 0. The normalized spacial score (nSPS) is 8.94. The van der Waals surface area contributed by atoms with Crippen molar-refractivity contribution in [1.82, 2.24) is 0 Å². The number of hydrogen-bond donors (Lipinski definition) is 3. The summed E-state index contributed by atoms with van der Waals surface area (Å²) in [6, 6.07) is 2.04. The largest absolute Gasteiger partial charge is 0.504 e. The summed E-state index contributed by atoms with van der Waals surface area (Å²) in [5, 5.41) is 27.2. The molecule has 0 aliphatic heterocycles. The highest BCUT2D eigenvalue weighted by Gasteiger charge is 2.13. The molecule has 90 valence electrons. The van der Waals surface area contributed by atoms with Crippen LogP contribution in [-0.4, -0.2) is 27.9 Å². The molecular weight excluding hydrogens is 212 g/mol. The van der Waals surface area contributed by atoms with E-state index in [1.54, 1.807) is 6.92 Å². The Bertz CT molecular complexity index is 336. The average Bonchev–Trinajstić information content (AvgIpc) is 2.28. The molecule has 0 aromatic heterocycles. The Morgan fingerprint density at radius 1 is 1.19 bits per heavy atom. The van der Waals surface area contributed by atoms with Gasteiger partial charge in [0.1, 0.15) is 0 Å². The Hall–Kier alpha value is -1.91. The quantitative estimate of drug-likeness (QED) is 0.532. The number of carbonyl (C=O) groups is 1. The van der Waals surface area contributed by atoms with Gasteiger partial charge in [0.05, 0.1) is 12.2 Å². The Morgan fingerprint density at radius 2 is 1.62 bits per heavy atom. The first-order valence-electron chi connectivity index (χ1n) is 4.98. The number of hydrogen-bond acceptors (Lipinski definition) is 5. The minimum Gasteiger partial charge on any atom is -0.504 e. The molecule has 0 radical (unpaired) electrons. The minimum absolute atomic E-state index is 0.0142. The maximum atomic E-state index is 11.1. The SMILES string of the molecule is CC.CCOC(=O)c1cc(O)c(O)c(O)c1. The van der Waals surface area contributed by atoms with Gasteiger partial charge in [-0.25, -0.2) is 4.79 Å². The monoisotopic (exact) mass is 228 g/mol. The third-order valence-electron chi connectivity index (χ3n) is 1.58. The van der Waals surface area contributed by atoms with Gasteiger partial charge in [0.2, 0.25) is 0 Å². The number of aromatic hydroxyl groups is 3. The van der Waals surface area contributed by atoms with Crippen molar-refractivity contribution in [3.63, 3.8) is 0 Å². The molecule has 1 aromatic carbocycles. The van der Waals surface area contributed by atoms with E-state index in [4.69, 9.17) is 15.3 Å². The zero-order valence-electron chi connectivity index (χ0n) is 9.52. The van der Waals surface area contributed by atoms with Gasteiger partial charge in [-0.3, -0.25) is 0 Å². The van der Waals surface area contributed by atoms with Crippen LogP contribution >= 0.6 is 0 Å². The second kappa shape index (κ2) is 6.55. The summed E-state index contributed by atoms with van der Waals surface area (Å²) in [6.45, 7) is 5.83. The van der Waals surface area contributed by atoms with Gasteiger partial charge in [0.15, 0.2) is 17.2 Å². The van der Waals surface area contributed by atoms with E-state index in [1.807, 2.05) is 13.8 Å². The molecule has 16 heavy (non-hydrogen) atoms. The molecule has 1 aromatic rings. The van der Waals surface area contributed by atoms with Gasteiger partial charge in [0.25, 0.3) is 0 Å². The van der Waals surface area contributed by atoms with Crippen molar-refractivity contribution in [3.05, 3.63) is 17.7 Å². The van der Waals surface area contributed by atoms with Crippen molar-refractivity contribution in [1.29, 1.82) is 0 Å². The van der Waals surface area contributed by atoms with Crippen molar-refractivity contribution in [2.75, 3.05) is 6.61 Å². The molecular formula is C11H16O5. The standard InChI is InChI=1S/C9H10O5.C2H6/c1-2-14-9(13)5-3-6(10)8(12)7(11)4-5;1-2/h3-4,10-12H,2H2,1H3;1-2H3. The fraction of sp³-hybridized carbons (Fsp3) is 0.364. The summed E-state index contributed by atoms with van der Waals surface area (Å²) in [6.07, 6.45) is 0. The van der Waals surface area contributed by atoms with Crippen LogP contribution in [0.2, 0.25) is 0 Å². The molecule has 0 saturated heterocycles. The van der Waals surface area contributed by atoms with E-state index in [0.717, 1.165) is 12.1 Å². The third kappa shape index (κ3) is 3.34. The number of rotatable bonds is 2. The zero-order valence-corrected chi connectivity index (χ0v) is 9.52. The second-order valence-corrected chi connectivity index (χ2v) is 2.58. The predicted octanol–water partition coefficient (Wildman–Crippen LogP) is 2.01. The van der Waals surface area contributed by atoms with Crippen molar-refractivity contribution < 1.29 is 24.9 Å². The average molecular weight is 228 g/mol. The van der Waals surface area contributed by atoms with Crippen LogP contribution in [0.5, 0.6) is 17.2 Å². The highest BCUT2D eigenvalue weighted by atomic mass is 16.5. The molecule has 5 heteroatoms. The highest BCUT2D eigenvalue weighted by Crippen LogP contribution is 2.35. The second-order valence-electron chi connectivity index (χ2n) is 2.58. The summed E-state index contributed by atoms with van der Waals surface area (Å²) in [5.74, 6) is -2.45. The fourth-order valence-electron chi connectivity index (χ4n) is 0.936. The third-order valence-corrected chi connectivity index (χ3v) is 1.58. The number of phenols is 3.